The van der Waals surface area contributed by atoms with Crippen molar-refractivity contribution in [2.75, 3.05) is 62.7 Å². The van der Waals surface area contributed by atoms with Gasteiger partial charge in [0.05, 0.1) is 29.8 Å². The number of carbonyl (C=O) groups is 4. The summed E-state index contributed by atoms with van der Waals surface area (Å²) in [6.07, 6.45) is 6.86. The third-order valence-electron chi connectivity index (χ3n) is 11.9. The number of nitrogens with one attached hydrogen (secondary N) is 1. The molecule has 300 valence electrons. The van der Waals surface area contributed by atoms with Gasteiger partial charge in [-0.05, 0) is 93.2 Å². The van der Waals surface area contributed by atoms with Crippen molar-refractivity contribution in [1.82, 2.24) is 30.3 Å². The number of carbonyl (C=O) groups excluding carboxylic acids is 4. The van der Waals surface area contributed by atoms with Gasteiger partial charge in [-0.2, -0.15) is 0 Å². The summed E-state index contributed by atoms with van der Waals surface area (Å²) in [5.41, 5.74) is 1.50. The molecule has 57 heavy (non-hydrogen) atoms. The molecular weight excluding hydrogens is 746 g/mol. The lowest BCUT2D eigenvalue weighted by Crippen LogP contribution is -2.53. The summed E-state index contributed by atoms with van der Waals surface area (Å²) in [7, 11) is 1.61. The SMILES string of the molecule is [C-]#[N+]c1ccc(OC2CCC(CC(=O)c3ccc(N4CCC(CN5CCN(c6cccc(CC(=O)N(C)C7CCC(=O)NC7=O)n6)CC5)CC4)nn3)CC2)cc1Cl. The van der Waals surface area contributed by atoms with Crippen LogP contribution in [0, 0.1) is 18.4 Å². The number of piperazine rings is 1. The summed E-state index contributed by atoms with van der Waals surface area (Å²) in [4.78, 5) is 66.5. The summed E-state index contributed by atoms with van der Waals surface area (Å²) >= 11 is 6.16. The van der Waals surface area contributed by atoms with Crippen molar-refractivity contribution in [3.63, 3.8) is 0 Å². The minimum atomic E-state index is -0.642. The van der Waals surface area contributed by atoms with Crippen LogP contribution in [0.2, 0.25) is 5.02 Å². The Bertz CT molecular complexity index is 1970. The number of benzene rings is 1. The van der Waals surface area contributed by atoms with Crippen molar-refractivity contribution in [2.24, 2.45) is 11.8 Å². The normalized spacial score (nSPS) is 22.1. The number of anilines is 2. The van der Waals surface area contributed by atoms with Crippen LogP contribution < -0.4 is 19.9 Å². The molecule has 3 amide bonds. The van der Waals surface area contributed by atoms with Gasteiger partial charge in [-0.25, -0.2) is 9.83 Å². The fourth-order valence-corrected chi connectivity index (χ4v) is 8.64. The Morgan fingerprint density at radius 1 is 0.895 bits per heavy atom. The molecule has 1 saturated carbocycles. The van der Waals surface area contributed by atoms with E-state index in [1.165, 1.54) is 4.90 Å². The van der Waals surface area contributed by atoms with Gasteiger partial charge in [0.25, 0.3) is 0 Å². The van der Waals surface area contributed by atoms with Gasteiger partial charge < -0.3 is 19.4 Å². The standard InChI is InChI=1S/C42H50ClN9O5/c1-44-34-11-10-32(26-33(34)43)57-31-8-6-28(7-9-31)24-37(53)35-12-14-39(48-47-35)51-18-16-29(17-19-51)27-50-20-22-52(23-21-50)38-5-3-4-30(45-38)25-41(55)49(2)36-13-15-40(54)46-42(36)56/h3-5,10-12,14,26,28-29,31,36H,6-9,13,15-25,27H2,2H3,(H,46,54,56). The zero-order valence-corrected chi connectivity index (χ0v) is 33.2. The van der Waals surface area contributed by atoms with Crippen molar-refractivity contribution in [3.8, 4) is 5.75 Å². The van der Waals surface area contributed by atoms with E-state index in [9.17, 15) is 19.2 Å². The second kappa shape index (κ2) is 18.4. The first-order valence-corrected chi connectivity index (χ1v) is 20.5. The monoisotopic (exact) mass is 795 g/mol. The van der Waals surface area contributed by atoms with Crippen LogP contribution in [0.4, 0.5) is 17.3 Å². The van der Waals surface area contributed by atoms with E-state index in [1.807, 2.05) is 30.3 Å². The number of halogens is 1. The average molecular weight is 796 g/mol. The number of hydrogen-bond donors (Lipinski definition) is 1. The van der Waals surface area contributed by atoms with Crippen molar-refractivity contribution < 1.29 is 23.9 Å². The number of ketones is 1. The van der Waals surface area contributed by atoms with Gasteiger partial charge in [0.15, 0.2) is 11.6 Å². The van der Waals surface area contributed by atoms with Gasteiger partial charge in [0.2, 0.25) is 23.4 Å². The summed E-state index contributed by atoms with van der Waals surface area (Å²) < 4.78 is 6.11. The number of piperidine rings is 2. The quantitative estimate of drug-likeness (QED) is 0.148. The molecule has 1 aliphatic carbocycles. The van der Waals surface area contributed by atoms with E-state index >= 15 is 0 Å². The predicted molar refractivity (Wildman–Crippen MR) is 216 cm³/mol. The number of likely N-dealkylation sites (N-methyl/N-ethyl adjacent to an activating group) is 1. The molecule has 3 aliphatic heterocycles. The molecule has 14 nitrogen and oxygen atoms in total. The Morgan fingerprint density at radius 2 is 1.65 bits per heavy atom. The Hall–Kier alpha value is -5.13. The molecule has 2 aromatic heterocycles. The van der Waals surface area contributed by atoms with Crippen LogP contribution in [-0.2, 0) is 20.8 Å². The minimum absolute atomic E-state index is 0.0344. The maximum absolute atomic E-state index is 13.1. The second-order valence-corrected chi connectivity index (χ2v) is 16.2. The van der Waals surface area contributed by atoms with Crippen LogP contribution in [0.15, 0.2) is 48.5 Å². The lowest BCUT2D eigenvalue weighted by Gasteiger charge is -2.39. The van der Waals surface area contributed by atoms with Gasteiger partial charge in [-0.15, -0.1) is 10.2 Å². The Morgan fingerprint density at radius 3 is 2.33 bits per heavy atom. The van der Waals surface area contributed by atoms with Crippen LogP contribution in [0.1, 0.15) is 74.0 Å². The lowest BCUT2D eigenvalue weighted by molar-refractivity contribution is -0.144. The van der Waals surface area contributed by atoms with Crippen molar-refractivity contribution >= 4 is 52.4 Å². The molecule has 1 N–H and O–H groups in total. The molecule has 4 aliphatic rings. The van der Waals surface area contributed by atoms with E-state index in [0.717, 1.165) is 96.0 Å². The van der Waals surface area contributed by atoms with E-state index in [1.54, 1.807) is 25.2 Å². The zero-order chi connectivity index (χ0) is 39.9. The average Bonchev–Trinajstić information content (AvgIpc) is 3.22. The highest BCUT2D eigenvalue weighted by Gasteiger charge is 2.33. The molecule has 0 bridgehead atoms. The number of ether oxygens (including phenoxy) is 1. The van der Waals surface area contributed by atoms with Crippen LogP contribution in [0.3, 0.4) is 0 Å². The number of Topliss-reactive ketones (excluding diaryl/α,β-unsaturated/α-hetero) is 1. The molecule has 4 fully saturated rings. The first-order chi connectivity index (χ1) is 27.6. The van der Waals surface area contributed by atoms with E-state index in [2.05, 4.69) is 35.1 Å². The zero-order valence-electron chi connectivity index (χ0n) is 32.4. The van der Waals surface area contributed by atoms with Crippen molar-refractivity contribution in [2.45, 2.75) is 76.4 Å². The molecule has 3 saturated heterocycles. The molecular formula is C42H50ClN9O5. The Balaban J connectivity index is 0.798. The minimum Gasteiger partial charge on any atom is -0.490 e. The van der Waals surface area contributed by atoms with E-state index in [0.29, 0.717) is 52.5 Å². The van der Waals surface area contributed by atoms with Crippen molar-refractivity contribution in [3.05, 3.63) is 76.4 Å². The summed E-state index contributed by atoms with van der Waals surface area (Å²) in [5.74, 6) is 2.34. The van der Waals surface area contributed by atoms with Gasteiger partial charge in [0, 0.05) is 65.7 Å². The van der Waals surface area contributed by atoms with Crippen LogP contribution in [-0.4, -0.2) is 113 Å². The highest BCUT2D eigenvalue weighted by molar-refractivity contribution is 6.33. The maximum atomic E-state index is 13.1. The second-order valence-electron chi connectivity index (χ2n) is 15.7. The van der Waals surface area contributed by atoms with E-state index in [-0.39, 0.29) is 36.5 Å². The predicted octanol–water partition coefficient (Wildman–Crippen LogP) is 5.13. The van der Waals surface area contributed by atoms with Gasteiger partial charge in [0.1, 0.15) is 23.3 Å². The molecule has 5 heterocycles. The third kappa shape index (κ3) is 10.3. The number of hydrogen-bond acceptors (Lipinski definition) is 11. The summed E-state index contributed by atoms with van der Waals surface area (Å²) in [5, 5.41) is 11.5. The molecule has 15 heteroatoms. The third-order valence-corrected chi connectivity index (χ3v) is 12.2. The number of amides is 3. The number of rotatable bonds is 12. The van der Waals surface area contributed by atoms with Gasteiger partial charge in [-0.1, -0.05) is 23.7 Å². The fourth-order valence-electron chi connectivity index (χ4n) is 8.42. The van der Waals surface area contributed by atoms with Crippen LogP contribution >= 0.6 is 11.6 Å². The number of pyridine rings is 1. The van der Waals surface area contributed by atoms with Gasteiger partial charge in [-0.3, -0.25) is 29.4 Å². The molecule has 1 atom stereocenters. The van der Waals surface area contributed by atoms with E-state index in [4.69, 9.17) is 27.9 Å². The molecule has 1 aromatic carbocycles. The number of imide groups is 1. The molecule has 1 unspecified atom stereocenters. The topological polar surface area (TPSA) is 146 Å². The summed E-state index contributed by atoms with van der Waals surface area (Å²) in [6, 6.07) is 14.0. The smallest absolute Gasteiger partial charge is 0.249 e. The number of nitrogens with zero attached hydrogens (tertiary/aromatic N) is 8. The highest BCUT2D eigenvalue weighted by Crippen LogP contribution is 2.34. The fraction of sp³-hybridized carbons (Fsp3) is 0.524. The molecule has 7 rings (SSSR count). The summed E-state index contributed by atoms with van der Waals surface area (Å²) in [6.45, 7) is 13.6. The first kappa shape index (κ1) is 40.1. The van der Waals surface area contributed by atoms with E-state index < -0.39 is 11.9 Å². The Labute approximate surface area is 338 Å². The molecule has 0 spiro atoms. The Kier molecular flexibility index (Phi) is 13.0. The molecule has 3 aromatic rings. The van der Waals surface area contributed by atoms with Crippen LogP contribution in [0.25, 0.3) is 4.85 Å². The lowest BCUT2D eigenvalue weighted by atomic mass is 9.84. The maximum Gasteiger partial charge on any atom is 0.249 e. The first-order valence-electron chi connectivity index (χ1n) is 20.1. The highest BCUT2D eigenvalue weighted by atomic mass is 35.5. The van der Waals surface area contributed by atoms with Gasteiger partial charge >= 0.3 is 0 Å². The van der Waals surface area contributed by atoms with Crippen LogP contribution in [0.5, 0.6) is 5.75 Å². The number of aromatic nitrogens is 3. The van der Waals surface area contributed by atoms with Crippen molar-refractivity contribution in [1.29, 1.82) is 0 Å². The molecule has 0 radical (unpaired) electrons. The largest absolute Gasteiger partial charge is 0.490 e.